The van der Waals surface area contributed by atoms with Gasteiger partial charge in [-0.1, -0.05) is 6.92 Å². The predicted octanol–water partition coefficient (Wildman–Crippen LogP) is 1.97. The van der Waals surface area contributed by atoms with E-state index in [1.165, 1.54) is 5.56 Å². The molecule has 2 heteroatoms. The minimum Gasteiger partial charge on any atom is -0.324 e. The lowest BCUT2D eigenvalue weighted by molar-refractivity contribution is 0.742. The van der Waals surface area contributed by atoms with Crippen LogP contribution in [0.3, 0.4) is 0 Å². The molecular weight excluding hydrogens is 130 g/mol. The minimum atomic E-state index is 0.135. The normalized spacial score (nSPS) is 13.6. The second kappa shape index (κ2) is 2.99. The molecule has 0 spiro atoms. The van der Waals surface area contributed by atoms with Crippen molar-refractivity contribution < 1.29 is 0 Å². The molecule has 1 atom stereocenters. The van der Waals surface area contributed by atoms with Crippen molar-refractivity contribution >= 4 is 11.3 Å². The van der Waals surface area contributed by atoms with Crippen LogP contribution >= 0.6 is 11.3 Å². The fraction of sp³-hybridized carbons (Fsp3) is 0.286. The molecule has 0 bridgehead atoms. The molecule has 9 heavy (non-hydrogen) atoms. The van der Waals surface area contributed by atoms with Crippen LogP contribution in [0, 0.1) is 6.92 Å². The van der Waals surface area contributed by atoms with E-state index in [1.54, 1.807) is 11.3 Å². The topological polar surface area (TPSA) is 26.0 Å². The third-order valence-electron chi connectivity index (χ3n) is 1.28. The highest BCUT2D eigenvalue weighted by Gasteiger charge is 2.00. The summed E-state index contributed by atoms with van der Waals surface area (Å²) in [5, 5.41) is 4.10. The molecule has 0 fully saturated rings. The molecule has 1 rings (SSSR count). The van der Waals surface area contributed by atoms with E-state index in [9.17, 15) is 0 Å². The van der Waals surface area contributed by atoms with E-state index < -0.39 is 0 Å². The van der Waals surface area contributed by atoms with Crippen molar-refractivity contribution in [2.45, 2.75) is 12.5 Å². The molecule has 0 saturated carbocycles. The Morgan fingerprint density at radius 2 is 2.56 bits per heavy atom. The Bertz CT molecular complexity index is 157. The maximum Gasteiger partial charge on any atom is 0.0303 e. The molecule has 0 aromatic carbocycles. The smallest absolute Gasteiger partial charge is 0.0303 e. The average molecular weight is 140 g/mol. The van der Waals surface area contributed by atoms with Crippen LogP contribution in [-0.2, 0) is 0 Å². The van der Waals surface area contributed by atoms with Crippen molar-refractivity contribution in [1.29, 1.82) is 0 Å². The zero-order chi connectivity index (χ0) is 6.69. The molecule has 0 aliphatic heterocycles. The summed E-state index contributed by atoms with van der Waals surface area (Å²) in [5.74, 6) is 0. The zero-order valence-corrected chi connectivity index (χ0v) is 6.03. The third kappa shape index (κ3) is 1.53. The largest absolute Gasteiger partial charge is 0.324 e. The summed E-state index contributed by atoms with van der Waals surface area (Å²) in [6, 6.07) is 2.18. The van der Waals surface area contributed by atoms with Gasteiger partial charge in [0.1, 0.15) is 0 Å². The summed E-state index contributed by atoms with van der Waals surface area (Å²) in [5.41, 5.74) is 6.89. The van der Waals surface area contributed by atoms with Gasteiger partial charge in [-0.2, -0.15) is 11.3 Å². The van der Waals surface area contributed by atoms with Gasteiger partial charge in [-0.3, -0.25) is 0 Å². The first-order chi connectivity index (χ1) is 4.34. The fourth-order valence-corrected chi connectivity index (χ4v) is 1.38. The van der Waals surface area contributed by atoms with Crippen LogP contribution in [0.25, 0.3) is 0 Å². The zero-order valence-electron chi connectivity index (χ0n) is 5.21. The van der Waals surface area contributed by atoms with Crippen LogP contribution in [0.2, 0.25) is 0 Å². The van der Waals surface area contributed by atoms with Crippen molar-refractivity contribution in [3.8, 4) is 0 Å². The maximum absolute atomic E-state index is 5.68. The van der Waals surface area contributed by atoms with Crippen LogP contribution in [0.15, 0.2) is 16.8 Å². The van der Waals surface area contributed by atoms with Crippen molar-refractivity contribution in [2.75, 3.05) is 0 Å². The minimum absolute atomic E-state index is 0.135. The highest BCUT2D eigenvalue weighted by Crippen LogP contribution is 2.15. The van der Waals surface area contributed by atoms with Crippen molar-refractivity contribution in [3.05, 3.63) is 29.3 Å². The Labute approximate surface area is 59.5 Å². The summed E-state index contributed by atoms with van der Waals surface area (Å²) in [6.07, 6.45) is 0.775. The van der Waals surface area contributed by atoms with E-state index in [0.29, 0.717) is 0 Å². The molecule has 1 aromatic rings. The van der Waals surface area contributed by atoms with Gasteiger partial charge in [-0.05, 0) is 28.8 Å². The van der Waals surface area contributed by atoms with Crippen molar-refractivity contribution in [3.63, 3.8) is 0 Å². The van der Waals surface area contributed by atoms with Gasteiger partial charge >= 0.3 is 0 Å². The molecule has 2 N–H and O–H groups in total. The molecule has 49 valence electrons. The summed E-state index contributed by atoms with van der Waals surface area (Å²) in [6.45, 7) is 3.72. The van der Waals surface area contributed by atoms with Gasteiger partial charge in [0.15, 0.2) is 0 Å². The Kier molecular flexibility index (Phi) is 2.25. The third-order valence-corrected chi connectivity index (χ3v) is 1.98. The van der Waals surface area contributed by atoms with Crippen LogP contribution in [-0.4, -0.2) is 0 Å². The Balaban J connectivity index is 2.65. The maximum atomic E-state index is 5.68. The van der Waals surface area contributed by atoms with E-state index in [4.69, 9.17) is 5.73 Å². The van der Waals surface area contributed by atoms with Gasteiger partial charge in [0.25, 0.3) is 0 Å². The Morgan fingerprint density at radius 3 is 3.00 bits per heavy atom. The quantitative estimate of drug-likeness (QED) is 0.667. The van der Waals surface area contributed by atoms with Gasteiger partial charge in [-0.25, -0.2) is 0 Å². The Hall–Kier alpha value is -0.340. The average Bonchev–Trinajstić information content (AvgIpc) is 2.37. The van der Waals surface area contributed by atoms with E-state index >= 15 is 0 Å². The number of rotatable bonds is 2. The number of nitrogens with two attached hydrogens (primary N) is 1. The standard InChI is InChI=1S/C7H10NS/c1-2-7(8)6-3-4-9-5-6/h3-5,7H,1-2,8H2. The summed E-state index contributed by atoms with van der Waals surface area (Å²) >= 11 is 1.68. The van der Waals surface area contributed by atoms with E-state index in [1.807, 2.05) is 11.4 Å². The lowest BCUT2D eigenvalue weighted by atomic mass is 10.1. The van der Waals surface area contributed by atoms with E-state index in [2.05, 4.69) is 12.3 Å². The molecule has 1 heterocycles. The van der Waals surface area contributed by atoms with Crippen LogP contribution in [0.1, 0.15) is 18.0 Å². The van der Waals surface area contributed by atoms with E-state index in [0.717, 1.165) is 6.42 Å². The second-order valence-corrected chi connectivity index (χ2v) is 2.73. The predicted molar refractivity (Wildman–Crippen MR) is 41.2 cm³/mol. The molecule has 0 amide bonds. The first-order valence-electron chi connectivity index (χ1n) is 2.91. The summed E-state index contributed by atoms with van der Waals surface area (Å²) < 4.78 is 0. The number of thiophene rings is 1. The Morgan fingerprint density at radius 1 is 1.78 bits per heavy atom. The van der Waals surface area contributed by atoms with Gasteiger partial charge in [0.2, 0.25) is 0 Å². The summed E-state index contributed by atoms with van der Waals surface area (Å²) in [7, 11) is 0. The van der Waals surface area contributed by atoms with E-state index in [-0.39, 0.29) is 6.04 Å². The molecule has 1 nitrogen and oxygen atoms in total. The van der Waals surface area contributed by atoms with Crippen LogP contribution in [0.4, 0.5) is 0 Å². The first-order valence-corrected chi connectivity index (χ1v) is 3.86. The van der Waals surface area contributed by atoms with Gasteiger partial charge in [0.05, 0.1) is 0 Å². The molecule has 1 unspecified atom stereocenters. The second-order valence-electron chi connectivity index (χ2n) is 1.95. The molecule has 0 aliphatic carbocycles. The lowest BCUT2D eigenvalue weighted by Crippen LogP contribution is -2.06. The van der Waals surface area contributed by atoms with Gasteiger partial charge in [-0.15, -0.1) is 0 Å². The first kappa shape index (κ1) is 6.78. The molecule has 1 aromatic heterocycles. The molecule has 0 saturated heterocycles. The highest BCUT2D eigenvalue weighted by molar-refractivity contribution is 7.07. The fourth-order valence-electron chi connectivity index (χ4n) is 0.653. The number of hydrogen-bond donors (Lipinski definition) is 1. The van der Waals surface area contributed by atoms with Crippen LogP contribution in [0.5, 0.6) is 0 Å². The van der Waals surface area contributed by atoms with Crippen molar-refractivity contribution in [1.82, 2.24) is 0 Å². The molecular formula is C7H10NS. The molecule has 0 aliphatic rings. The van der Waals surface area contributed by atoms with Crippen LogP contribution < -0.4 is 5.73 Å². The van der Waals surface area contributed by atoms with Gasteiger partial charge < -0.3 is 5.73 Å². The molecule has 1 radical (unpaired) electrons. The number of hydrogen-bond acceptors (Lipinski definition) is 2. The SMILES string of the molecule is [CH2]CC(N)c1ccsc1. The lowest BCUT2D eigenvalue weighted by Gasteiger charge is -2.03. The highest BCUT2D eigenvalue weighted by atomic mass is 32.1. The van der Waals surface area contributed by atoms with Gasteiger partial charge in [0, 0.05) is 6.04 Å². The monoisotopic (exact) mass is 140 g/mol. The van der Waals surface area contributed by atoms with Crippen molar-refractivity contribution in [2.24, 2.45) is 5.73 Å². The summed E-state index contributed by atoms with van der Waals surface area (Å²) in [4.78, 5) is 0.